The lowest BCUT2D eigenvalue weighted by Crippen LogP contribution is -2.27. The van der Waals surface area contributed by atoms with Crippen LogP contribution >= 0.6 is 15.9 Å². The molecular formula is C14H20BrFN2O2. The van der Waals surface area contributed by atoms with Crippen LogP contribution in [0.25, 0.3) is 0 Å². The van der Waals surface area contributed by atoms with Crippen molar-refractivity contribution >= 4 is 27.7 Å². The normalized spacial score (nSPS) is 12.9. The van der Waals surface area contributed by atoms with Gasteiger partial charge in [0.25, 0.3) is 0 Å². The molecule has 20 heavy (non-hydrogen) atoms. The van der Waals surface area contributed by atoms with Crippen LogP contribution < -0.4 is 11.1 Å². The maximum Gasteiger partial charge on any atom is 0.412 e. The average Bonchev–Trinajstić information content (AvgIpc) is 2.26. The van der Waals surface area contributed by atoms with Gasteiger partial charge in [-0.25, -0.2) is 9.18 Å². The predicted molar refractivity (Wildman–Crippen MR) is 81.5 cm³/mol. The summed E-state index contributed by atoms with van der Waals surface area (Å²) in [6.45, 7) is 5.53. The Labute approximate surface area is 127 Å². The van der Waals surface area contributed by atoms with Crippen LogP contribution in [0.1, 0.15) is 38.9 Å². The Balaban J connectivity index is 2.92. The fourth-order valence-electron chi connectivity index (χ4n) is 1.63. The number of ether oxygens (including phenoxy) is 1. The standard InChI is InChI=1S/C14H20BrFN2O2/c1-14(2,3)20-13(19)18-12-8-9(15)4-5-10(12)11(16)6-7-17/h4-5,8,11H,6-7,17H2,1-3H3,(H,18,19). The van der Waals surface area contributed by atoms with Gasteiger partial charge >= 0.3 is 6.09 Å². The molecule has 1 rings (SSSR count). The van der Waals surface area contributed by atoms with Crippen LogP contribution in [0, 0.1) is 0 Å². The number of carbonyl (C=O) groups excluding carboxylic acids is 1. The molecule has 0 fully saturated rings. The van der Waals surface area contributed by atoms with E-state index in [1.807, 2.05) is 0 Å². The van der Waals surface area contributed by atoms with Gasteiger partial charge in [0.1, 0.15) is 11.8 Å². The second kappa shape index (κ2) is 7.04. The Kier molecular flexibility index (Phi) is 5.95. The number of hydrogen-bond donors (Lipinski definition) is 2. The summed E-state index contributed by atoms with van der Waals surface area (Å²) in [6, 6.07) is 4.98. The van der Waals surface area contributed by atoms with Crippen molar-refractivity contribution in [3.05, 3.63) is 28.2 Å². The molecule has 0 saturated heterocycles. The van der Waals surface area contributed by atoms with Crippen molar-refractivity contribution in [3.8, 4) is 0 Å². The third-order valence-corrected chi connectivity index (χ3v) is 2.90. The first-order valence-corrected chi connectivity index (χ1v) is 7.16. The molecule has 0 aliphatic carbocycles. The molecule has 0 aromatic heterocycles. The van der Waals surface area contributed by atoms with Crippen LogP contribution in [0.5, 0.6) is 0 Å². The Morgan fingerprint density at radius 1 is 1.50 bits per heavy atom. The zero-order valence-electron chi connectivity index (χ0n) is 11.9. The smallest absolute Gasteiger partial charge is 0.412 e. The molecule has 1 unspecified atom stereocenters. The maximum atomic E-state index is 14.0. The zero-order valence-corrected chi connectivity index (χ0v) is 13.5. The minimum absolute atomic E-state index is 0.199. The molecule has 0 saturated carbocycles. The van der Waals surface area contributed by atoms with Crippen LogP contribution in [0.3, 0.4) is 0 Å². The molecule has 0 aliphatic heterocycles. The molecule has 1 aromatic carbocycles. The Bertz CT molecular complexity index is 475. The van der Waals surface area contributed by atoms with Gasteiger partial charge in [-0.3, -0.25) is 5.32 Å². The van der Waals surface area contributed by atoms with E-state index in [4.69, 9.17) is 10.5 Å². The Morgan fingerprint density at radius 2 is 2.15 bits per heavy atom. The van der Waals surface area contributed by atoms with E-state index in [-0.39, 0.29) is 13.0 Å². The molecule has 0 heterocycles. The van der Waals surface area contributed by atoms with Gasteiger partial charge in [0.15, 0.2) is 0 Å². The van der Waals surface area contributed by atoms with Crippen molar-refractivity contribution in [2.75, 3.05) is 11.9 Å². The van der Waals surface area contributed by atoms with Gasteiger partial charge in [0.2, 0.25) is 0 Å². The molecule has 1 atom stereocenters. The minimum atomic E-state index is -1.22. The van der Waals surface area contributed by atoms with Crippen molar-refractivity contribution in [3.63, 3.8) is 0 Å². The summed E-state index contributed by atoms with van der Waals surface area (Å²) in [4.78, 5) is 11.8. The first-order valence-electron chi connectivity index (χ1n) is 6.36. The number of nitrogens with two attached hydrogens (primary N) is 1. The summed E-state index contributed by atoms with van der Waals surface area (Å²) < 4.78 is 19.9. The van der Waals surface area contributed by atoms with Crippen molar-refractivity contribution in [2.24, 2.45) is 5.73 Å². The number of halogens is 2. The monoisotopic (exact) mass is 346 g/mol. The molecule has 4 nitrogen and oxygen atoms in total. The van der Waals surface area contributed by atoms with Gasteiger partial charge in [0.05, 0.1) is 5.69 Å². The molecule has 3 N–H and O–H groups in total. The Hall–Kier alpha value is -1.14. The molecular weight excluding hydrogens is 327 g/mol. The molecule has 1 aromatic rings. The van der Waals surface area contributed by atoms with E-state index in [1.54, 1.807) is 39.0 Å². The number of alkyl halides is 1. The summed E-state index contributed by atoms with van der Waals surface area (Å²) in [5, 5.41) is 2.58. The first kappa shape index (κ1) is 16.9. The summed E-state index contributed by atoms with van der Waals surface area (Å²) >= 11 is 3.30. The summed E-state index contributed by atoms with van der Waals surface area (Å²) in [5.41, 5.74) is 5.54. The summed E-state index contributed by atoms with van der Waals surface area (Å²) in [6.07, 6.45) is -1.64. The second-order valence-electron chi connectivity index (χ2n) is 5.40. The number of rotatable bonds is 4. The van der Waals surface area contributed by atoms with E-state index >= 15 is 0 Å². The largest absolute Gasteiger partial charge is 0.444 e. The molecule has 112 valence electrons. The van der Waals surface area contributed by atoms with Crippen LogP contribution in [-0.2, 0) is 4.74 Å². The van der Waals surface area contributed by atoms with Crippen molar-refractivity contribution in [1.82, 2.24) is 0 Å². The molecule has 0 radical (unpaired) electrons. The van der Waals surface area contributed by atoms with Gasteiger partial charge in [-0.15, -0.1) is 0 Å². The number of hydrogen-bond acceptors (Lipinski definition) is 3. The Morgan fingerprint density at radius 3 is 2.70 bits per heavy atom. The molecule has 0 aliphatic rings. The van der Waals surface area contributed by atoms with E-state index in [2.05, 4.69) is 21.2 Å². The average molecular weight is 347 g/mol. The first-order chi connectivity index (χ1) is 9.23. The fourth-order valence-corrected chi connectivity index (χ4v) is 1.99. The third-order valence-electron chi connectivity index (χ3n) is 2.41. The number of benzene rings is 1. The number of carbonyl (C=O) groups is 1. The fraction of sp³-hybridized carbons (Fsp3) is 0.500. The van der Waals surface area contributed by atoms with Gasteiger partial charge < -0.3 is 10.5 Å². The van der Waals surface area contributed by atoms with Crippen LogP contribution in [0.2, 0.25) is 0 Å². The highest BCUT2D eigenvalue weighted by Gasteiger charge is 2.19. The zero-order chi connectivity index (χ0) is 15.3. The van der Waals surface area contributed by atoms with Crippen molar-refractivity contribution in [1.29, 1.82) is 0 Å². The number of anilines is 1. The molecule has 0 bridgehead atoms. The quantitative estimate of drug-likeness (QED) is 0.860. The highest BCUT2D eigenvalue weighted by molar-refractivity contribution is 9.10. The predicted octanol–water partition coefficient (Wildman–Crippen LogP) is 4.16. The summed E-state index contributed by atoms with van der Waals surface area (Å²) in [5.74, 6) is 0. The number of nitrogens with one attached hydrogen (secondary N) is 1. The SMILES string of the molecule is CC(C)(C)OC(=O)Nc1cc(Br)ccc1C(F)CCN. The van der Waals surface area contributed by atoms with Gasteiger partial charge in [-0.05, 0) is 45.9 Å². The van der Waals surface area contributed by atoms with Crippen molar-refractivity contribution in [2.45, 2.75) is 39.0 Å². The van der Waals surface area contributed by atoms with Gasteiger partial charge in [-0.2, -0.15) is 0 Å². The van der Waals surface area contributed by atoms with E-state index < -0.39 is 17.9 Å². The third kappa shape index (κ3) is 5.46. The van der Waals surface area contributed by atoms with Crippen LogP contribution in [0.15, 0.2) is 22.7 Å². The van der Waals surface area contributed by atoms with Crippen LogP contribution in [0.4, 0.5) is 14.9 Å². The lowest BCUT2D eigenvalue weighted by Gasteiger charge is -2.21. The van der Waals surface area contributed by atoms with E-state index in [9.17, 15) is 9.18 Å². The van der Waals surface area contributed by atoms with Gasteiger partial charge in [-0.1, -0.05) is 22.0 Å². The van der Waals surface area contributed by atoms with Crippen LogP contribution in [-0.4, -0.2) is 18.2 Å². The van der Waals surface area contributed by atoms with Crippen molar-refractivity contribution < 1.29 is 13.9 Å². The highest BCUT2D eigenvalue weighted by atomic mass is 79.9. The minimum Gasteiger partial charge on any atom is -0.444 e. The van der Waals surface area contributed by atoms with E-state index in [1.165, 1.54) is 0 Å². The van der Waals surface area contributed by atoms with E-state index in [0.717, 1.165) is 4.47 Å². The summed E-state index contributed by atoms with van der Waals surface area (Å²) in [7, 11) is 0. The van der Waals surface area contributed by atoms with Gasteiger partial charge in [0, 0.05) is 10.0 Å². The second-order valence-corrected chi connectivity index (χ2v) is 6.32. The molecule has 1 amide bonds. The lowest BCUT2D eigenvalue weighted by molar-refractivity contribution is 0.0635. The molecule has 0 spiro atoms. The molecule has 6 heteroatoms. The number of amides is 1. The lowest BCUT2D eigenvalue weighted by atomic mass is 10.1. The maximum absolute atomic E-state index is 14.0. The highest BCUT2D eigenvalue weighted by Crippen LogP contribution is 2.31. The van der Waals surface area contributed by atoms with E-state index in [0.29, 0.717) is 11.3 Å². The topological polar surface area (TPSA) is 64.3 Å².